The molecule has 0 radical (unpaired) electrons. The Hall–Kier alpha value is -1.75. The second-order valence-corrected chi connectivity index (χ2v) is 5.95. The van der Waals surface area contributed by atoms with E-state index in [1.165, 1.54) is 0 Å². The lowest BCUT2D eigenvalue weighted by molar-refractivity contribution is -0.121. The van der Waals surface area contributed by atoms with Gasteiger partial charge in [-0.25, -0.2) is 0 Å². The second kappa shape index (κ2) is 7.49. The summed E-state index contributed by atoms with van der Waals surface area (Å²) in [4.78, 5) is 14.7. The van der Waals surface area contributed by atoms with Gasteiger partial charge in [-0.15, -0.1) is 0 Å². The van der Waals surface area contributed by atoms with Crippen molar-refractivity contribution in [1.29, 1.82) is 0 Å². The van der Waals surface area contributed by atoms with Crippen LogP contribution < -0.4 is 14.8 Å². The maximum absolute atomic E-state index is 12.4. The number of carbonyl (C=O) groups is 1. The fraction of sp³-hybridized carbons (Fsp3) is 0.588. The van der Waals surface area contributed by atoms with Crippen LogP contribution in [-0.2, 0) is 4.79 Å². The van der Waals surface area contributed by atoms with Crippen LogP contribution in [0.2, 0.25) is 0 Å². The van der Waals surface area contributed by atoms with Gasteiger partial charge in [0.25, 0.3) is 0 Å². The van der Waals surface area contributed by atoms with Crippen molar-refractivity contribution >= 4 is 11.6 Å². The Bertz CT molecular complexity index is 511. The lowest BCUT2D eigenvalue weighted by Gasteiger charge is -2.34. The predicted molar refractivity (Wildman–Crippen MR) is 87.6 cm³/mol. The quantitative estimate of drug-likeness (QED) is 0.909. The molecular weight excluding hydrogens is 280 g/mol. The molecule has 1 aromatic rings. The molecule has 1 fully saturated rings. The number of rotatable bonds is 5. The van der Waals surface area contributed by atoms with E-state index in [-0.39, 0.29) is 11.9 Å². The zero-order valence-electron chi connectivity index (χ0n) is 13.9. The minimum absolute atomic E-state index is 0.0155. The normalized spacial score (nSPS) is 17.8. The van der Waals surface area contributed by atoms with Gasteiger partial charge in [0.15, 0.2) is 11.5 Å². The number of hydrogen-bond donors (Lipinski definition) is 1. The van der Waals surface area contributed by atoms with Gasteiger partial charge in [0.05, 0.1) is 20.3 Å². The van der Waals surface area contributed by atoms with Gasteiger partial charge < -0.3 is 14.8 Å². The number of carbonyl (C=O) groups excluding carboxylic acids is 1. The smallest absolute Gasteiger partial charge is 0.241 e. The lowest BCUT2D eigenvalue weighted by atomic mass is 9.98. The minimum atomic E-state index is -0.124. The van der Waals surface area contributed by atoms with Gasteiger partial charge in [-0.05, 0) is 50.9 Å². The minimum Gasteiger partial charge on any atom is -0.493 e. The highest BCUT2D eigenvalue weighted by atomic mass is 16.5. The average Bonchev–Trinajstić information content (AvgIpc) is 2.54. The number of nitrogens with one attached hydrogen (secondary N) is 1. The summed E-state index contributed by atoms with van der Waals surface area (Å²) in [6.07, 6.45) is 2.32. The molecule has 1 heterocycles. The van der Waals surface area contributed by atoms with Crippen molar-refractivity contribution in [1.82, 2.24) is 4.90 Å². The van der Waals surface area contributed by atoms with Crippen LogP contribution in [0.3, 0.4) is 0 Å². The molecule has 1 atom stereocenters. The van der Waals surface area contributed by atoms with Gasteiger partial charge in [0.2, 0.25) is 5.91 Å². The van der Waals surface area contributed by atoms with E-state index >= 15 is 0 Å². The van der Waals surface area contributed by atoms with Gasteiger partial charge in [0.1, 0.15) is 0 Å². The molecule has 1 aliphatic heterocycles. The average molecular weight is 306 g/mol. The topological polar surface area (TPSA) is 50.8 Å². The Morgan fingerprint density at radius 2 is 1.86 bits per heavy atom. The zero-order valence-corrected chi connectivity index (χ0v) is 13.9. The molecule has 0 saturated carbocycles. The van der Waals surface area contributed by atoms with Gasteiger partial charge in [-0.2, -0.15) is 0 Å². The van der Waals surface area contributed by atoms with Crippen molar-refractivity contribution in [2.75, 3.05) is 32.6 Å². The van der Waals surface area contributed by atoms with Crippen LogP contribution in [0.15, 0.2) is 18.2 Å². The number of benzene rings is 1. The third-order valence-corrected chi connectivity index (χ3v) is 4.40. The van der Waals surface area contributed by atoms with Gasteiger partial charge in [-0.1, -0.05) is 6.92 Å². The summed E-state index contributed by atoms with van der Waals surface area (Å²) in [6.45, 7) is 6.21. The number of anilines is 1. The summed E-state index contributed by atoms with van der Waals surface area (Å²) >= 11 is 0. The van der Waals surface area contributed by atoms with Crippen LogP contribution in [0, 0.1) is 5.92 Å². The van der Waals surface area contributed by atoms with Gasteiger partial charge >= 0.3 is 0 Å². The van der Waals surface area contributed by atoms with Gasteiger partial charge in [0, 0.05) is 11.8 Å². The molecule has 0 aromatic heterocycles. The van der Waals surface area contributed by atoms with Crippen molar-refractivity contribution < 1.29 is 14.3 Å². The van der Waals surface area contributed by atoms with E-state index in [4.69, 9.17) is 9.47 Å². The first-order chi connectivity index (χ1) is 10.5. The number of amides is 1. The third-order valence-electron chi connectivity index (χ3n) is 4.40. The standard InChI is InChI=1S/C17H26N2O3/c1-12-7-9-19(10-8-12)13(2)17(20)18-14-5-6-15(21-3)16(11-14)22-4/h5-6,11-13H,7-10H2,1-4H3,(H,18,20)/t13-/m1/s1. The second-order valence-electron chi connectivity index (χ2n) is 5.95. The van der Waals surface area contributed by atoms with E-state index in [0.717, 1.165) is 37.5 Å². The van der Waals surface area contributed by atoms with Crippen LogP contribution in [0.25, 0.3) is 0 Å². The predicted octanol–water partition coefficient (Wildman–Crippen LogP) is 2.76. The summed E-state index contributed by atoms with van der Waals surface area (Å²) in [5, 5.41) is 2.96. The highest BCUT2D eigenvalue weighted by Crippen LogP contribution is 2.30. The molecule has 1 saturated heterocycles. The van der Waals surface area contributed by atoms with Crippen molar-refractivity contribution in [2.24, 2.45) is 5.92 Å². The highest BCUT2D eigenvalue weighted by Gasteiger charge is 2.25. The summed E-state index contributed by atoms with van der Waals surface area (Å²) < 4.78 is 10.5. The van der Waals surface area contributed by atoms with Gasteiger partial charge in [-0.3, -0.25) is 9.69 Å². The Labute approximate surface area is 132 Å². The molecular formula is C17H26N2O3. The van der Waals surface area contributed by atoms with E-state index in [1.54, 1.807) is 26.4 Å². The van der Waals surface area contributed by atoms with E-state index in [1.807, 2.05) is 13.0 Å². The van der Waals surface area contributed by atoms with Crippen LogP contribution in [0.4, 0.5) is 5.69 Å². The van der Waals surface area contributed by atoms with Crippen LogP contribution in [-0.4, -0.2) is 44.2 Å². The fourth-order valence-electron chi connectivity index (χ4n) is 2.74. The molecule has 122 valence electrons. The number of nitrogens with zero attached hydrogens (tertiary/aromatic N) is 1. The van der Waals surface area contributed by atoms with Crippen LogP contribution in [0.1, 0.15) is 26.7 Å². The molecule has 1 amide bonds. The largest absolute Gasteiger partial charge is 0.493 e. The molecule has 1 aliphatic rings. The molecule has 5 heteroatoms. The van der Waals surface area contributed by atoms with E-state index in [9.17, 15) is 4.79 Å². The molecule has 22 heavy (non-hydrogen) atoms. The number of methoxy groups -OCH3 is 2. The SMILES string of the molecule is COc1ccc(NC(=O)[C@@H](C)N2CCC(C)CC2)cc1OC. The number of piperidine rings is 1. The fourth-order valence-corrected chi connectivity index (χ4v) is 2.74. The molecule has 0 unspecified atom stereocenters. The Balaban J connectivity index is 1.99. The number of likely N-dealkylation sites (tertiary alicyclic amines) is 1. The van der Waals surface area contributed by atoms with E-state index < -0.39 is 0 Å². The molecule has 1 aromatic carbocycles. The molecule has 1 N–H and O–H groups in total. The Morgan fingerprint density at radius 3 is 2.45 bits per heavy atom. The maximum Gasteiger partial charge on any atom is 0.241 e. The molecule has 5 nitrogen and oxygen atoms in total. The summed E-state index contributed by atoms with van der Waals surface area (Å²) in [7, 11) is 3.18. The molecule has 2 rings (SSSR count). The first kappa shape index (κ1) is 16.6. The number of ether oxygens (including phenoxy) is 2. The monoisotopic (exact) mass is 306 g/mol. The van der Waals surface area contributed by atoms with Crippen molar-refractivity contribution in [3.63, 3.8) is 0 Å². The van der Waals surface area contributed by atoms with Crippen molar-refractivity contribution in [3.05, 3.63) is 18.2 Å². The maximum atomic E-state index is 12.4. The highest BCUT2D eigenvalue weighted by molar-refractivity contribution is 5.94. The van der Waals surface area contributed by atoms with E-state index in [0.29, 0.717) is 11.5 Å². The first-order valence-corrected chi connectivity index (χ1v) is 7.82. The first-order valence-electron chi connectivity index (χ1n) is 7.82. The number of hydrogen-bond acceptors (Lipinski definition) is 4. The van der Waals surface area contributed by atoms with Crippen LogP contribution >= 0.6 is 0 Å². The van der Waals surface area contributed by atoms with E-state index in [2.05, 4.69) is 17.1 Å². The van der Waals surface area contributed by atoms with Crippen molar-refractivity contribution in [2.45, 2.75) is 32.7 Å². The van der Waals surface area contributed by atoms with Crippen molar-refractivity contribution in [3.8, 4) is 11.5 Å². The summed E-state index contributed by atoms with van der Waals surface area (Å²) in [5.41, 5.74) is 0.722. The Morgan fingerprint density at radius 1 is 1.23 bits per heavy atom. The molecule has 0 spiro atoms. The third kappa shape index (κ3) is 3.91. The van der Waals surface area contributed by atoms with Crippen LogP contribution in [0.5, 0.6) is 11.5 Å². The molecule has 0 bridgehead atoms. The lowest BCUT2D eigenvalue weighted by Crippen LogP contribution is -2.45. The summed E-state index contributed by atoms with van der Waals surface area (Å²) in [5.74, 6) is 2.04. The molecule has 0 aliphatic carbocycles. The Kier molecular flexibility index (Phi) is 5.66. The zero-order chi connectivity index (χ0) is 16.1. The summed E-state index contributed by atoms with van der Waals surface area (Å²) in [6, 6.07) is 5.27.